The first kappa shape index (κ1) is 13.4. The molecule has 19 heavy (non-hydrogen) atoms. The van der Waals surface area contributed by atoms with Crippen LogP contribution in [0.3, 0.4) is 0 Å². The zero-order chi connectivity index (χ0) is 13.7. The maximum Gasteiger partial charge on any atom is 0.163 e. The van der Waals surface area contributed by atoms with Crippen LogP contribution >= 0.6 is 0 Å². The SMILES string of the molecule is CCOc1ccc(-n2cc(CN)nn2)cc1OCC. The molecule has 0 spiro atoms. The number of aromatic nitrogens is 3. The molecular weight excluding hydrogens is 244 g/mol. The Morgan fingerprint density at radius 3 is 2.53 bits per heavy atom. The molecule has 0 atom stereocenters. The zero-order valence-electron chi connectivity index (χ0n) is 11.2. The lowest BCUT2D eigenvalue weighted by Crippen LogP contribution is -2.01. The predicted octanol–water partition coefficient (Wildman–Crippen LogP) is 1.52. The number of nitrogens with zero attached hydrogens (tertiary/aromatic N) is 3. The average Bonchev–Trinajstić information content (AvgIpc) is 2.90. The lowest BCUT2D eigenvalue weighted by molar-refractivity contribution is 0.287. The highest BCUT2D eigenvalue weighted by molar-refractivity contribution is 5.48. The summed E-state index contributed by atoms with van der Waals surface area (Å²) in [4.78, 5) is 0. The van der Waals surface area contributed by atoms with Crippen LogP contribution < -0.4 is 15.2 Å². The molecule has 0 fully saturated rings. The lowest BCUT2D eigenvalue weighted by Gasteiger charge is -2.12. The van der Waals surface area contributed by atoms with Crippen LogP contribution in [0.2, 0.25) is 0 Å². The molecule has 0 aliphatic heterocycles. The van der Waals surface area contributed by atoms with Crippen molar-refractivity contribution in [1.82, 2.24) is 15.0 Å². The molecule has 0 bridgehead atoms. The van der Waals surface area contributed by atoms with E-state index in [1.807, 2.05) is 32.0 Å². The van der Waals surface area contributed by atoms with Crippen LogP contribution in [0.1, 0.15) is 19.5 Å². The molecule has 0 unspecified atom stereocenters. The number of rotatable bonds is 6. The zero-order valence-corrected chi connectivity index (χ0v) is 11.2. The van der Waals surface area contributed by atoms with Crippen LogP contribution in [0.5, 0.6) is 11.5 Å². The maximum absolute atomic E-state index is 5.57. The molecule has 6 nitrogen and oxygen atoms in total. The van der Waals surface area contributed by atoms with Crippen LogP contribution in [-0.2, 0) is 6.54 Å². The Morgan fingerprint density at radius 2 is 1.89 bits per heavy atom. The number of benzene rings is 1. The van der Waals surface area contributed by atoms with Crippen molar-refractivity contribution in [1.29, 1.82) is 0 Å². The van der Waals surface area contributed by atoms with E-state index in [0.717, 1.165) is 17.1 Å². The molecule has 102 valence electrons. The lowest BCUT2D eigenvalue weighted by atomic mass is 10.2. The van der Waals surface area contributed by atoms with E-state index in [4.69, 9.17) is 15.2 Å². The van der Waals surface area contributed by atoms with E-state index >= 15 is 0 Å². The monoisotopic (exact) mass is 262 g/mol. The Balaban J connectivity index is 2.33. The topological polar surface area (TPSA) is 75.2 Å². The third-order valence-electron chi connectivity index (χ3n) is 2.54. The Labute approximate surface area is 112 Å². The van der Waals surface area contributed by atoms with E-state index in [1.165, 1.54) is 0 Å². The van der Waals surface area contributed by atoms with Gasteiger partial charge in [-0.2, -0.15) is 0 Å². The van der Waals surface area contributed by atoms with Crippen LogP contribution in [0.15, 0.2) is 24.4 Å². The molecule has 0 saturated heterocycles. The molecule has 6 heteroatoms. The first-order chi connectivity index (χ1) is 9.28. The first-order valence-electron chi connectivity index (χ1n) is 6.29. The number of nitrogens with two attached hydrogens (primary N) is 1. The van der Waals surface area contributed by atoms with E-state index in [2.05, 4.69) is 10.3 Å². The summed E-state index contributed by atoms with van der Waals surface area (Å²) < 4.78 is 12.8. The summed E-state index contributed by atoms with van der Waals surface area (Å²) in [6.45, 7) is 5.42. The third-order valence-corrected chi connectivity index (χ3v) is 2.54. The Morgan fingerprint density at radius 1 is 1.16 bits per heavy atom. The molecule has 1 aromatic carbocycles. The fourth-order valence-corrected chi connectivity index (χ4v) is 1.70. The van der Waals surface area contributed by atoms with Gasteiger partial charge < -0.3 is 15.2 Å². The summed E-state index contributed by atoms with van der Waals surface area (Å²) in [6.07, 6.45) is 1.80. The second-order valence-electron chi connectivity index (χ2n) is 3.86. The fraction of sp³-hybridized carbons (Fsp3) is 0.385. The van der Waals surface area contributed by atoms with E-state index in [0.29, 0.717) is 25.5 Å². The standard InChI is InChI=1S/C13H18N4O2/c1-3-18-12-6-5-11(7-13(12)19-4-2)17-9-10(8-14)15-16-17/h5-7,9H,3-4,8,14H2,1-2H3. The molecule has 0 amide bonds. The number of hydrogen-bond donors (Lipinski definition) is 1. The maximum atomic E-state index is 5.57. The van der Waals surface area contributed by atoms with E-state index < -0.39 is 0 Å². The molecular formula is C13H18N4O2. The second kappa shape index (κ2) is 6.19. The minimum Gasteiger partial charge on any atom is -0.490 e. The molecule has 2 aromatic rings. The minimum absolute atomic E-state index is 0.370. The summed E-state index contributed by atoms with van der Waals surface area (Å²) in [5.74, 6) is 1.43. The fourth-order valence-electron chi connectivity index (χ4n) is 1.70. The molecule has 0 radical (unpaired) electrons. The van der Waals surface area contributed by atoms with Gasteiger partial charge in [0.1, 0.15) is 0 Å². The smallest absolute Gasteiger partial charge is 0.163 e. The van der Waals surface area contributed by atoms with Crippen LogP contribution in [-0.4, -0.2) is 28.2 Å². The Bertz CT molecular complexity index is 539. The van der Waals surface area contributed by atoms with E-state index in [1.54, 1.807) is 10.9 Å². The number of ether oxygens (including phenoxy) is 2. The van der Waals surface area contributed by atoms with Gasteiger partial charge in [0.15, 0.2) is 11.5 Å². The van der Waals surface area contributed by atoms with Crippen molar-refractivity contribution in [2.75, 3.05) is 13.2 Å². The highest BCUT2D eigenvalue weighted by Gasteiger charge is 2.08. The van der Waals surface area contributed by atoms with Crippen molar-refractivity contribution in [3.05, 3.63) is 30.1 Å². The molecule has 1 heterocycles. The van der Waals surface area contributed by atoms with Gasteiger partial charge in [-0.25, -0.2) is 4.68 Å². The third kappa shape index (κ3) is 3.03. The highest BCUT2D eigenvalue weighted by atomic mass is 16.5. The average molecular weight is 262 g/mol. The van der Waals surface area contributed by atoms with Gasteiger partial charge in [0.2, 0.25) is 0 Å². The summed E-state index contributed by atoms with van der Waals surface area (Å²) in [7, 11) is 0. The van der Waals surface area contributed by atoms with Crippen molar-refractivity contribution >= 4 is 0 Å². The van der Waals surface area contributed by atoms with Crippen LogP contribution in [0, 0.1) is 0 Å². The van der Waals surface area contributed by atoms with Crippen molar-refractivity contribution < 1.29 is 9.47 Å². The van der Waals surface area contributed by atoms with Gasteiger partial charge in [0.25, 0.3) is 0 Å². The van der Waals surface area contributed by atoms with Crippen molar-refractivity contribution in [3.8, 4) is 17.2 Å². The van der Waals surface area contributed by atoms with Gasteiger partial charge in [-0.05, 0) is 26.0 Å². The van der Waals surface area contributed by atoms with Crippen molar-refractivity contribution in [2.24, 2.45) is 5.73 Å². The van der Waals surface area contributed by atoms with Crippen molar-refractivity contribution in [2.45, 2.75) is 20.4 Å². The van der Waals surface area contributed by atoms with Gasteiger partial charge in [-0.1, -0.05) is 5.21 Å². The summed E-state index contributed by atoms with van der Waals surface area (Å²) in [5.41, 5.74) is 7.12. The van der Waals surface area contributed by atoms with Gasteiger partial charge in [-0.3, -0.25) is 0 Å². The van der Waals surface area contributed by atoms with Gasteiger partial charge in [0, 0.05) is 12.6 Å². The summed E-state index contributed by atoms with van der Waals surface area (Å²) >= 11 is 0. The van der Waals surface area contributed by atoms with Gasteiger partial charge >= 0.3 is 0 Å². The quantitative estimate of drug-likeness (QED) is 0.854. The molecule has 2 rings (SSSR count). The first-order valence-corrected chi connectivity index (χ1v) is 6.29. The molecule has 0 aliphatic carbocycles. The van der Waals surface area contributed by atoms with Crippen LogP contribution in [0.4, 0.5) is 0 Å². The van der Waals surface area contributed by atoms with E-state index in [-0.39, 0.29) is 0 Å². The molecule has 0 aliphatic rings. The minimum atomic E-state index is 0.370. The largest absolute Gasteiger partial charge is 0.490 e. The molecule has 1 aromatic heterocycles. The number of hydrogen-bond acceptors (Lipinski definition) is 5. The Kier molecular flexibility index (Phi) is 4.35. The highest BCUT2D eigenvalue weighted by Crippen LogP contribution is 2.29. The van der Waals surface area contributed by atoms with Gasteiger partial charge in [-0.15, -0.1) is 5.10 Å². The molecule has 0 saturated carbocycles. The summed E-state index contributed by atoms with van der Waals surface area (Å²) in [6, 6.07) is 5.65. The predicted molar refractivity (Wildman–Crippen MR) is 71.6 cm³/mol. The van der Waals surface area contributed by atoms with Crippen LogP contribution in [0.25, 0.3) is 5.69 Å². The second-order valence-corrected chi connectivity index (χ2v) is 3.86. The van der Waals surface area contributed by atoms with E-state index in [9.17, 15) is 0 Å². The Hall–Kier alpha value is -2.08. The molecule has 2 N–H and O–H groups in total. The van der Waals surface area contributed by atoms with Gasteiger partial charge in [0.05, 0.1) is 30.8 Å². The normalized spacial score (nSPS) is 10.5. The summed E-state index contributed by atoms with van der Waals surface area (Å²) in [5, 5.41) is 7.99. The van der Waals surface area contributed by atoms with Crippen molar-refractivity contribution in [3.63, 3.8) is 0 Å².